The van der Waals surface area contributed by atoms with Gasteiger partial charge in [-0.1, -0.05) is 97.1 Å². The van der Waals surface area contributed by atoms with Crippen molar-refractivity contribution in [1.82, 2.24) is 9.36 Å². The lowest BCUT2D eigenvalue weighted by atomic mass is 10.00. The molecule has 0 unspecified atom stereocenters. The van der Waals surface area contributed by atoms with E-state index in [9.17, 15) is 0 Å². The number of hydrogen-bond acceptors (Lipinski definition) is 3. The maximum Gasteiger partial charge on any atom is 0.173 e. The molecule has 33 heavy (non-hydrogen) atoms. The van der Waals surface area contributed by atoms with Crippen LogP contribution >= 0.6 is 11.5 Å². The second-order valence-corrected chi connectivity index (χ2v) is 9.12. The third-order valence-electron chi connectivity index (χ3n) is 6.42. The van der Waals surface area contributed by atoms with Crippen LogP contribution in [0, 0.1) is 0 Å². The molecule has 0 atom stereocenters. The molecule has 0 aliphatic heterocycles. The van der Waals surface area contributed by atoms with Crippen molar-refractivity contribution in [3.8, 4) is 22.0 Å². The molecule has 0 amide bonds. The molecule has 7 rings (SSSR count). The maximum absolute atomic E-state index is 4.93. The largest absolute Gasteiger partial charge is 0.215 e. The van der Waals surface area contributed by atoms with Crippen LogP contribution in [0.25, 0.3) is 65.0 Å². The highest BCUT2D eigenvalue weighted by Crippen LogP contribution is 2.33. The van der Waals surface area contributed by atoms with E-state index < -0.39 is 0 Å². The van der Waals surface area contributed by atoms with Crippen LogP contribution in [0.5, 0.6) is 0 Å². The Hall–Kier alpha value is -4.08. The first kappa shape index (κ1) is 18.5. The van der Waals surface area contributed by atoms with Crippen molar-refractivity contribution in [2.45, 2.75) is 0 Å². The number of hydrogen-bond donors (Lipinski definition) is 0. The zero-order valence-corrected chi connectivity index (χ0v) is 18.5. The smallest absolute Gasteiger partial charge is 0.173 e. The highest BCUT2D eigenvalue weighted by molar-refractivity contribution is 7.09. The zero-order chi connectivity index (χ0) is 21.8. The van der Waals surface area contributed by atoms with Gasteiger partial charge in [0.2, 0.25) is 0 Å². The molecule has 154 valence electrons. The van der Waals surface area contributed by atoms with E-state index in [1.54, 1.807) is 0 Å². The van der Waals surface area contributed by atoms with Gasteiger partial charge < -0.3 is 0 Å². The lowest BCUT2D eigenvalue weighted by molar-refractivity contribution is 1.33. The van der Waals surface area contributed by atoms with Crippen LogP contribution in [0.3, 0.4) is 0 Å². The van der Waals surface area contributed by atoms with Crippen molar-refractivity contribution < 1.29 is 0 Å². The van der Waals surface area contributed by atoms with E-state index in [1.165, 1.54) is 54.6 Å². The SMILES string of the molecule is c1ccc2c(c1)ccc1ccc(-c3nsc(-c4ccc5ccc6ccccc6c5c4)n3)cc12. The van der Waals surface area contributed by atoms with Gasteiger partial charge in [-0.2, -0.15) is 4.37 Å². The number of nitrogens with zero attached hydrogens (tertiary/aromatic N) is 2. The fraction of sp³-hybridized carbons (Fsp3) is 0. The van der Waals surface area contributed by atoms with Gasteiger partial charge in [-0.15, -0.1) is 0 Å². The quantitative estimate of drug-likeness (QED) is 0.253. The Labute approximate surface area is 194 Å². The molecule has 0 N–H and O–H groups in total. The van der Waals surface area contributed by atoms with E-state index in [0.29, 0.717) is 0 Å². The van der Waals surface area contributed by atoms with Crippen molar-refractivity contribution in [1.29, 1.82) is 0 Å². The minimum atomic E-state index is 0.780. The lowest BCUT2D eigenvalue weighted by Crippen LogP contribution is -1.84. The molecule has 3 heteroatoms. The Morgan fingerprint density at radius 1 is 0.455 bits per heavy atom. The van der Waals surface area contributed by atoms with Gasteiger partial charge in [0.15, 0.2) is 5.82 Å². The predicted molar refractivity (Wildman–Crippen MR) is 141 cm³/mol. The molecule has 7 aromatic rings. The molecule has 0 saturated heterocycles. The summed E-state index contributed by atoms with van der Waals surface area (Å²) in [5, 5.41) is 10.9. The molecule has 0 fully saturated rings. The normalized spacial score (nSPS) is 11.6. The van der Waals surface area contributed by atoms with Gasteiger partial charge >= 0.3 is 0 Å². The highest BCUT2D eigenvalue weighted by Gasteiger charge is 2.11. The average molecular weight is 439 g/mol. The molecular formula is C30H18N2S. The average Bonchev–Trinajstić information content (AvgIpc) is 3.38. The first-order valence-corrected chi connectivity index (χ1v) is 11.8. The zero-order valence-electron chi connectivity index (χ0n) is 17.7. The van der Waals surface area contributed by atoms with Gasteiger partial charge in [0, 0.05) is 11.1 Å². The van der Waals surface area contributed by atoms with E-state index in [1.807, 2.05) is 0 Å². The van der Waals surface area contributed by atoms with E-state index in [4.69, 9.17) is 9.36 Å². The molecule has 0 radical (unpaired) electrons. The van der Waals surface area contributed by atoms with Gasteiger partial charge in [0.1, 0.15) is 5.01 Å². The summed E-state index contributed by atoms with van der Waals surface area (Å²) in [6.07, 6.45) is 0. The molecule has 1 heterocycles. The third kappa shape index (κ3) is 3.01. The lowest BCUT2D eigenvalue weighted by Gasteiger charge is -2.06. The predicted octanol–water partition coefficient (Wildman–Crippen LogP) is 8.48. The van der Waals surface area contributed by atoms with Crippen LogP contribution in [-0.2, 0) is 0 Å². The first-order valence-electron chi connectivity index (χ1n) is 11.0. The molecule has 6 aromatic carbocycles. The molecular weight excluding hydrogens is 420 g/mol. The second kappa shape index (κ2) is 7.22. The van der Waals surface area contributed by atoms with Crippen LogP contribution < -0.4 is 0 Å². The van der Waals surface area contributed by atoms with Crippen molar-refractivity contribution >= 4 is 54.6 Å². The summed E-state index contributed by atoms with van der Waals surface area (Å²) in [6, 6.07) is 38.9. The number of benzene rings is 6. The number of fused-ring (bicyclic) bond motifs is 6. The van der Waals surface area contributed by atoms with Crippen LogP contribution in [0.2, 0.25) is 0 Å². The number of rotatable bonds is 2. The topological polar surface area (TPSA) is 25.8 Å². The summed E-state index contributed by atoms with van der Waals surface area (Å²) in [6.45, 7) is 0. The third-order valence-corrected chi connectivity index (χ3v) is 7.19. The van der Waals surface area contributed by atoms with Gasteiger partial charge in [-0.3, -0.25) is 0 Å². The van der Waals surface area contributed by atoms with Crippen molar-refractivity contribution in [3.05, 3.63) is 109 Å². The summed E-state index contributed by atoms with van der Waals surface area (Å²) in [4.78, 5) is 4.93. The Morgan fingerprint density at radius 2 is 0.939 bits per heavy atom. The molecule has 0 aliphatic carbocycles. The number of aromatic nitrogens is 2. The molecule has 1 aromatic heterocycles. The van der Waals surface area contributed by atoms with Gasteiger partial charge in [0.05, 0.1) is 0 Å². The molecule has 2 nitrogen and oxygen atoms in total. The van der Waals surface area contributed by atoms with Crippen molar-refractivity contribution in [3.63, 3.8) is 0 Å². The summed E-state index contributed by atoms with van der Waals surface area (Å²) >= 11 is 1.46. The van der Waals surface area contributed by atoms with Gasteiger partial charge in [0.25, 0.3) is 0 Å². The Morgan fingerprint density at radius 3 is 1.58 bits per heavy atom. The van der Waals surface area contributed by atoms with Crippen molar-refractivity contribution in [2.75, 3.05) is 0 Å². The summed E-state index contributed by atoms with van der Waals surface area (Å²) in [5.41, 5.74) is 2.15. The monoisotopic (exact) mass is 438 g/mol. The van der Waals surface area contributed by atoms with Crippen LogP contribution in [0.4, 0.5) is 0 Å². The first-order chi connectivity index (χ1) is 16.3. The Kier molecular flexibility index (Phi) is 4.05. The van der Waals surface area contributed by atoms with E-state index in [0.717, 1.165) is 22.0 Å². The highest BCUT2D eigenvalue weighted by atomic mass is 32.1. The van der Waals surface area contributed by atoms with E-state index in [2.05, 4.69) is 109 Å². The second-order valence-electron chi connectivity index (χ2n) is 8.37. The minimum Gasteiger partial charge on any atom is -0.215 e. The fourth-order valence-electron chi connectivity index (χ4n) is 4.73. The van der Waals surface area contributed by atoms with Gasteiger partial charge in [-0.05, 0) is 66.8 Å². The summed E-state index contributed by atoms with van der Waals surface area (Å²) in [5.74, 6) is 0.780. The molecule has 0 spiro atoms. The molecule has 0 bridgehead atoms. The van der Waals surface area contributed by atoms with Crippen LogP contribution in [0.1, 0.15) is 0 Å². The van der Waals surface area contributed by atoms with E-state index in [-0.39, 0.29) is 0 Å². The Balaban J connectivity index is 1.35. The molecule has 0 saturated carbocycles. The molecule has 0 aliphatic rings. The summed E-state index contributed by atoms with van der Waals surface area (Å²) in [7, 11) is 0. The maximum atomic E-state index is 4.93. The van der Waals surface area contributed by atoms with Crippen LogP contribution in [-0.4, -0.2) is 9.36 Å². The van der Waals surface area contributed by atoms with Crippen LogP contribution in [0.15, 0.2) is 109 Å². The van der Waals surface area contributed by atoms with Crippen molar-refractivity contribution in [2.24, 2.45) is 0 Å². The fourth-order valence-corrected chi connectivity index (χ4v) is 5.41. The Bertz CT molecular complexity index is 1700. The van der Waals surface area contributed by atoms with E-state index >= 15 is 0 Å². The minimum absolute atomic E-state index is 0.780. The standard InChI is InChI=1S/C30H18N2S/c1-3-7-25-19(5-1)9-11-21-13-15-23(17-27(21)25)29-31-30(33-32-29)24-16-14-22-12-10-20-6-2-4-8-26(20)28(22)18-24/h1-18H. The summed E-state index contributed by atoms with van der Waals surface area (Å²) < 4.78 is 4.72. The van der Waals surface area contributed by atoms with Gasteiger partial charge in [-0.25, -0.2) is 4.98 Å².